The van der Waals surface area contributed by atoms with E-state index in [1.807, 2.05) is 0 Å². The molecule has 8 heteroatoms. The van der Waals surface area contributed by atoms with Crippen LogP contribution in [0.5, 0.6) is 0 Å². The second-order valence-corrected chi connectivity index (χ2v) is 5.13. The predicted octanol–water partition coefficient (Wildman–Crippen LogP) is 0.496. The number of nitrogens with one attached hydrogen (secondary N) is 2. The highest BCUT2D eigenvalue weighted by Crippen LogP contribution is 2.12. The molecular formula is C15H14N4O4. The maximum absolute atomic E-state index is 12.0. The lowest BCUT2D eigenvalue weighted by atomic mass is 10.2. The van der Waals surface area contributed by atoms with Crippen LogP contribution in [0.25, 0.3) is 11.1 Å². The normalized spacial score (nSPS) is 12.2. The number of aromatic nitrogens is 3. The van der Waals surface area contributed by atoms with E-state index in [0.29, 0.717) is 11.1 Å². The van der Waals surface area contributed by atoms with Gasteiger partial charge in [0.05, 0.1) is 5.52 Å². The Bertz CT molecular complexity index is 949. The van der Waals surface area contributed by atoms with Gasteiger partial charge in [-0.1, -0.05) is 12.1 Å². The Balaban J connectivity index is 1.76. The predicted molar refractivity (Wildman–Crippen MR) is 82.3 cm³/mol. The molecule has 2 aromatic heterocycles. The lowest BCUT2D eigenvalue weighted by Gasteiger charge is -2.13. The molecule has 0 fully saturated rings. The molecule has 3 rings (SSSR count). The van der Waals surface area contributed by atoms with Crippen LogP contribution in [0.2, 0.25) is 0 Å². The van der Waals surface area contributed by atoms with Crippen molar-refractivity contribution in [3.8, 4) is 0 Å². The summed E-state index contributed by atoms with van der Waals surface area (Å²) in [6, 6.07) is 9.29. The Hall–Kier alpha value is -3.16. The molecule has 118 valence electrons. The van der Waals surface area contributed by atoms with Gasteiger partial charge >= 0.3 is 5.76 Å². The number of fused-ring (bicyclic) bond motifs is 1. The van der Waals surface area contributed by atoms with Gasteiger partial charge in [-0.25, -0.2) is 9.89 Å². The van der Waals surface area contributed by atoms with Gasteiger partial charge < -0.3 is 9.73 Å². The molecule has 0 aliphatic rings. The third kappa shape index (κ3) is 3.05. The van der Waals surface area contributed by atoms with Crippen LogP contribution in [-0.2, 0) is 6.54 Å². The minimum absolute atomic E-state index is 0.0980. The molecule has 0 spiro atoms. The largest absolute Gasteiger partial charge is 0.420 e. The zero-order valence-corrected chi connectivity index (χ0v) is 12.3. The highest BCUT2D eigenvalue weighted by molar-refractivity contribution is 5.92. The van der Waals surface area contributed by atoms with Gasteiger partial charge in [-0.2, -0.15) is 5.10 Å². The smallest absolute Gasteiger partial charge is 0.408 e. The first kappa shape index (κ1) is 14.8. The molecule has 8 nitrogen and oxygen atoms in total. The summed E-state index contributed by atoms with van der Waals surface area (Å²) in [5, 5.41) is 8.58. The van der Waals surface area contributed by atoms with Gasteiger partial charge in [-0.05, 0) is 25.1 Å². The topological polar surface area (TPSA) is 110 Å². The molecular weight excluding hydrogens is 300 g/mol. The number of amides is 1. The van der Waals surface area contributed by atoms with Crippen molar-refractivity contribution in [1.82, 2.24) is 20.1 Å². The lowest BCUT2D eigenvalue weighted by molar-refractivity contribution is 0.0930. The van der Waals surface area contributed by atoms with Crippen LogP contribution in [0.4, 0.5) is 0 Å². The standard InChI is InChI=1S/C15H14N4O4/c1-9(16-14(21)10-6-7-13(20)18-17-10)8-19-11-4-2-3-5-12(11)23-15(19)22/h2-7,9H,8H2,1H3,(H,16,21)(H,18,20)/t9-/m1/s1. The minimum Gasteiger partial charge on any atom is -0.408 e. The van der Waals surface area contributed by atoms with Crippen molar-refractivity contribution in [2.75, 3.05) is 0 Å². The molecule has 0 unspecified atom stereocenters. The van der Waals surface area contributed by atoms with Crippen molar-refractivity contribution >= 4 is 17.0 Å². The number of para-hydroxylation sites is 2. The Morgan fingerprint density at radius 3 is 2.83 bits per heavy atom. The summed E-state index contributed by atoms with van der Waals surface area (Å²) < 4.78 is 6.60. The van der Waals surface area contributed by atoms with E-state index < -0.39 is 11.7 Å². The lowest BCUT2D eigenvalue weighted by Crippen LogP contribution is -2.38. The SMILES string of the molecule is C[C@H](Cn1c(=O)oc2ccccc21)NC(=O)c1ccc(=O)[nH]n1. The number of rotatable bonds is 4. The van der Waals surface area contributed by atoms with E-state index in [0.717, 1.165) is 0 Å². The summed E-state index contributed by atoms with van der Waals surface area (Å²) in [4.78, 5) is 34.9. The zero-order valence-electron chi connectivity index (χ0n) is 12.3. The summed E-state index contributed by atoms with van der Waals surface area (Å²) in [7, 11) is 0. The second-order valence-electron chi connectivity index (χ2n) is 5.13. The first-order valence-electron chi connectivity index (χ1n) is 6.99. The molecule has 0 aliphatic carbocycles. The van der Waals surface area contributed by atoms with E-state index in [1.54, 1.807) is 31.2 Å². The first-order valence-corrected chi connectivity index (χ1v) is 6.99. The number of carbonyl (C=O) groups excluding carboxylic acids is 1. The third-order valence-electron chi connectivity index (χ3n) is 3.32. The van der Waals surface area contributed by atoms with Gasteiger partial charge in [0.2, 0.25) is 0 Å². The van der Waals surface area contributed by atoms with E-state index in [-0.39, 0.29) is 23.8 Å². The van der Waals surface area contributed by atoms with Gasteiger partial charge in [0.25, 0.3) is 11.5 Å². The molecule has 1 atom stereocenters. The number of aromatic amines is 1. The van der Waals surface area contributed by atoms with Crippen molar-refractivity contribution in [3.63, 3.8) is 0 Å². The van der Waals surface area contributed by atoms with E-state index >= 15 is 0 Å². The molecule has 0 radical (unpaired) electrons. The molecule has 2 N–H and O–H groups in total. The number of benzene rings is 1. The molecule has 0 bridgehead atoms. The number of carbonyl (C=O) groups is 1. The number of hydrogen-bond acceptors (Lipinski definition) is 5. The molecule has 23 heavy (non-hydrogen) atoms. The Morgan fingerprint density at radius 2 is 2.09 bits per heavy atom. The molecule has 0 aliphatic heterocycles. The fourth-order valence-corrected chi connectivity index (χ4v) is 2.28. The molecule has 0 saturated carbocycles. The molecule has 1 amide bonds. The molecule has 0 saturated heterocycles. The van der Waals surface area contributed by atoms with E-state index in [9.17, 15) is 14.4 Å². The average Bonchev–Trinajstić information content (AvgIpc) is 2.84. The van der Waals surface area contributed by atoms with Gasteiger partial charge in [0.15, 0.2) is 5.58 Å². The van der Waals surface area contributed by atoms with E-state index in [1.165, 1.54) is 16.7 Å². The summed E-state index contributed by atoms with van der Waals surface area (Å²) >= 11 is 0. The van der Waals surface area contributed by atoms with Crippen molar-refractivity contribution < 1.29 is 9.21 Å². The fourth-order valence-electron chi connectivity index (χ4n) is 2.28. The summed E-state index contributed by atoms with van der Waals surface area (Å²) in [5.41, 5.74) is 0.881. The fraction of sp³-hybridized carbons (Fsp3) is 0.200. The van der Waals surface area contributed by atoms with E-state index in [2.05, 4.69) is 15.5 Å². The summed E-state index contributed by atoms with van der Waals surface area (Å²) in [6.45, 7) is 2.02. The molecule has 1 aromatic carbocycles. The van der Waals surface area contributed by atoms with Crippen LogP contribution in [0, 0.1) is 0 Å². The Morgan fingerprint density at radius 1 is 1.30 bits per heavy atom. The molecule has 3 aromatic rings. The van der Waals surface area contributed by atoms with Crippen molar-refractivity contribution in [1.29, 1.82) is 0 Å². The average molecular weight is 314 g/mol. The Kier molecular flexibility index (Phi) is 3.80. The van der Waals surface area contributed by atoms with Crippen LogP contribution >= 0.6 is 0 Å². The monoisotopic (exact) mass is 314 g/mol. The number of hydrogen-bond donors (Lipinski definition) is 2. The number of nitrogens with zero attached hydrogens (tertiary/aromatic N) is 2. The third-order valence-corrected chi connectivity index (χ3v) is 3.32. The first-order chi connectivity index (χ1) is 11.0. The molecule has 2 heterocycles. The van der Waals surface area contributed by atoms with Crippen LogP contribution in [0.1, 0.15) is 17.4 Å². The van der Waals surface area contributed by atoms with Crippen LogP contribution in [0.15, 0.2) is 50.4 Å². The van der Waals surface area contributed by atoms with Crippen molar-refractivity contribution in [3.05, 3.63) is 63.0 Å². The van der Waals surface area contributed by atoms with Gasteiger partial charge in [0.1, 0.15) is 5.69 Å². The number of oxazole rings is 1. The highest BCUT2D eigenvalue weighted by atomic mass is 16.4. The summed E-state index contributed by atoms with van der Waals surface area (Å²) in [5.74, 6) is -0.913. The number of H-pyrrole nitrogens is 1. The quantitative estimate of drug-likeness (QED) is 0.728. The zero-order chi connectivity index (χ0) is 16.4. The highest BCUT2D eigenvalue weighted by Gasteiger charge is 2.15. The second kappa shape index (κ2) is 5.91. The summed E-state index contributed by atoms with van der Waals surface area (Å²) in [6.07, 6.45) is 0. The van der Waals surface area contributed by atoms with Crippen LogP contribution in [-0.4, -0.2) is 26.7 Å². The van der Waals surface area contributed by atoms with Crippen molar-refractivity contribution in [2.24, 2.45) is 0 Å². The van der Waals surface area contributed by atoms with Gasteiger partial charge in [0, 0.05) is 18.7 Å². The minimum atomic E-state index is -0.477. The van der Waals surface area contributed by atoms with Gasteiger partial charge in [-0.3, -0.25) is 14.2 Å². The van der Waals surface area contributed by atoms with Gasteiger partial charge in [-0.15, -0.1) is 0 Å². The van der Waals surface area contributed by atoms with Crippen molar-refractivity contribution in [2.45, 2.75) is 19.5 Å². The van der Waals surface area contributed by atoms with Crippen LogP contribution < -0.4 is 16.6 Å². The van der Waals surface area contributed by atoms with Crippen LogP contribution in [0.3, 0.4) is 0 Å². The maximum Gasteiger partial charge on any atom is 0.420 e. The Labute approximate surface area is 129 Å². The van der Waals surface area contributed by atoms with E-state index in [4.69, 9.17) is 4.42 Å². The maximum atomic E-state index is 12.0.